The fourth-order valence-electron chi connectivity index (χ4n) is 2.17. The molecule has 0 spiro atoms. The van der Waals surface area contributed by atoms with E-state index in [4.69, 9.17) is 5.73 Å². The van der Waals surface area contributed by atoms with Crippen LogP contribution >= 0.6 is 11.5 Å². The molecule has 2 aromatic heterocycles. The smallest absolute Gasteiger partial charge is 0.187 e. The summed E-state index contributed by atoms with van der Waals surface area (Å²) in [5.41, 5.74) is 5.81. The first-order valence-corrected chi connectivity index (χ1v) is 8.89. The van der Waals surface area contributed by atoms with E-state index in [1.807, 2.05) is 29.8 Å². The summed E-state index contributed by atoms with van der Waals surface area (Å²) >= 11 is 1.12. The van der Waals surface area contributed by atoms with Gasteiger partial charge < -0.3 is 15.2 Å². The molecule has 114 valence electrons. The lowest BCUT2D eigenvalue weighted by Crippen LogP contribution is -2.21. The molecule has 0 radical (unpaired) electrons. The minimum atomic E-state index is -3.36. The predicted octanol–water partition coefficient (Wildman–Crippen LogP) is 1.03. The van der Waals surface area contributed by atoms with Gasteiger partial charge in [-0.25, -0.2) is 13.4 Å². The van der Waals surface area contributed by atoms with Crippen LogP contribution in [0, 0.1) is 0 Å². The van der Waals surface area contributed by atoms with Crippen LogP contribution in [0.1, 0.15) is 18.7 Å². The SMILES string of the molecule is CN(Cc1nccn1C)c1snc(N)c1S(=O)(=O)C1CC1. The number of nitrogen functional groups attached to an aromatic ring is 1. The van der Waals surface area contributed by atoms with E-state index in [2.05, 4.69) is 9.36 Å². The molecule has 1 aliphatic carbocycles. The van der Waals surface area contributed by atoms with Crippen molar-refractivity contribution in [3.8, 4) is 0 Å². The number of nitrogens with zero attached hydrogens (tertiary/aromatic N) is 4. The van der Waals surface area contributed by atoms with Gasteiger partial charge in [0, 0.05) is 26.5 Å². The highest BCUT2D eigenvalue weighted by molar-refractivity contribution is 7.92. The minimum absolute atomic E-state index is 0.105. The van der Waals surface area contributed by atoms with Crippen molar-refractivity contribution in [2.45, 2.75) is 29.5 Å². The van der Waals surface area contributed by atoms with Gasteiger partial charge in [-0.05, 0) is 24.4 Å². The first-order valence-electron chi connectivity index (χ1n) is 6.57. The molecular formula is C12H17N5O2S2. The molecule has 3 rings (SSSR count). The van der Waals surface area contributed by atoms with Crippen molar-refractivity contribution in [2.75, 3.05) is 17.7 Å². The maximum atomic E-state index is 12.5. The first kappa shape index (κ1) is 14.3. The highest BCUT2D eigenvalue weighted by Gasteiger charge is 2.41. The first-order chi connectivity index (χ1) is 9.91. The van der Waals surface area contributed by atoms with Crippen LogP contribution in [0.5, 0.6) is 0 Å². The standard InChI is InChI=1S/C12H17N5O2S2/c1-16-6-5-14-9(16)7-17(2)12-10(11(13)15-20-12)21(18,19)8-3-4-8/h5-6,8H,3-4,7H2,1-2H3,(H2,13,15). The van der Waals surface area contributed by atoms with E-state index in [-0.39, 0.29) is 16.0 Å². The summed E-state index contributed by atoms with van der Waals surface area (Å²) in [7, 11) is 0.365. The van der Waals surface area contributed by atoms with Gasteiger partial charge in [0.1, 0.15) is 15.7 Å². The molecule has 1 aliphatic rings. The van der Waals surface area contributed by atoms with Crippen LogP contribution in [0.4, 0.5) is 10.8 Å². The Morgan fingerprint density at radius 3 is 2.81 bits per heavy atom. The Balaban J connectivity index is 1.94. The molecule has 0 aliphatic heterocycles. The molecule has 1 fully saturated rings. The molecule has 2 heterocycles. The number of nitrogens with two attached hydrogens (primary N) is 1. The van der Waals surface area contributed by atoms with Crippen LogP contribution < -0.4 is 10.6 Å². The van der Waals surface area contributed by atoms with E-state index in [1.165, 1.54) is 0 Å². The van der Waals surface area contributed by atoms with Gasteiger partial charge in [-0.2, -0.15) is 4.37 Å². The zero-order chi connectivity index (χ0) is 15.2. The Labute approximate surface area is 127 Å². The topological polar surface area (TPSA) is 94.1 Å². The van der Waals surface area contributed by atoms with E-state index >= 15 is 0 Å². The molecule has 2 aromatic rings. The van der Waals surface area contributed by atoms with E-state index < -0.39 is 9.84 Å². The predicted molar refractivity (Wildman–Crippen MR) is 82.0 cm³/mol. The van der Waals surface area contributed by atoms with Gasteiger partial charge in [0.05, 0.1) is 11.8 Å². The summed E-state index contributed by atoms with van der Waals surface area (Å²) in [6.45, 7) is 0.498. The molecule has 0 unspecified atom stereocenters. The Kier molecular flexibility index (Phi) is 3.40. The number of aryl methyl sites for hydroxylation is 1. The fraction of sp³-hybridized carbons (Fsp3) is 0.500. The lowest BCUT2D eigenvalue weighted by Gasteiger charge is -2.18. The monoisotopic (exact) mass is 327 g/mol. The second-order valence-corrected chi connectivity index (χ2v) is 8.17. The molecular weight excluding hydrogens is 310 g/mol. The molecule has 1 saturated carbocycles. The molecule has 9 heteroatoms. The average molecular weight is 327 g/mol. The van der Waals surface area contributed by atoms with Gasteiger partial charge >= 0.3 is 0 Å². The Morgan fingerprint density at radius 1 is 1.52 bits per heavy atom. The molecule has 0 aromatic carbocycles. The van der Waals surface area contributed by atoms with Crippen molar-refractivity contribution >= 4 is 32.2 Å². The summed E-state index contributed by atoms with van der Waals surface area (Å²) in [5, 5.41) is 0.291. The minimum Gasteiger partial charge on any atom is -0.382 e. The quantitative estimate of drug-likeness (QED) is 0.881. The molecule has 0 atom stereocenters. The Bertz CT molecular complexity index is 760. The zero-order valence-electron chi connectivity index (χ0n) is 11.9. The van der Waals surface area contributed by atoms with Gasteiger partial charge in [0.2, 0.25) is 0 Å². The number of sulfone groups is 1. The third-order valence-corrected chi connectivity index (χ3v) is 6.98. The van der Waals surface area contributed by atoms with Crippen molar-refractivity contribution < 1.29 is 8.42 Å². The van der Waals surface area contributed by atoms with Crippen molar-refractivity contribution in [3.05, 3.63) is 18.2 Å². The number of hydrogen-bond acceptors (Lipinski definition) is 7. The maximum Gasteiger partial charge on any atom is 0.187 e. The van der Waals surface area contributed by atoms with Crippen LogP contribution in [0.15, 0.2) is 17.3 Å². The lowest BCUT2D eigenvalue weighted by atomic mass is 10.5. The van der Waals surface area contributed by atoms with Gasteiger partial charge in [-0.3, -0.25) is 0 Å². The largest absolute Gasteiger partial charge is 0.382 e. The van der Waals surface area contributed by atoms with Gasteiger partial charge in [-0.1, -0.05) is 0 Å². The normalized spacial score (nSPS) is 15.3. The second kappa shape index (κ2) is 4.99. The second-order valence-electron chi connectivity index (χ2n) is 5.26. The van der Waals surface area contributed by atoms with Crippen molar-refractivity contribution in [2.24, 2.45) is 7.05 Å². The molecule has 21 heavy (non-hydrogen) atoms. The Hall–Kier alpha value is -1.61. The molecule has 0 amide bonds. The summed E-state index contributed by atoms with van der Waals surface area (Å²) in [5.74, 6) is 0.952. The maximum absolute atomic E-state index is 12.5. The molecule has 0 bridgehead atoms. The molecule has 7 nitrogen and oxygen atoms in total. The van der Waals surface area contributed by atoms with Gasteiger partial charge in [-0.15, -0.1) is 0 Å². The highest BCUT2D eigenvalue weighted by atomic mass is 32.2. The van der Waals surface area contributed by atoms with E-state index in [9.17, 15) is 8.42 Å². The number of anilines is 2. The van der Waals surface area contributed by atoms with E-state index in [1.54, 1.807) is 6.20 Å². The number of rotatable bonds is 5. The van der Waals surface area contributed by atoms with E-state index in [0.717, 1.165) is 17.4 Å². The van der Waals surface area contributed by atoms with Crippen molar-refractivity contribution in [1.82, 2.24) is 13.9 Å². The third-order valence-electron chi connectivity index (χ3n) is 3.55. The zero-order valence-corrected chi connectivity index (χ0v) is 13.5. The lowest BCUT2D eigenvalue weighted by molar-refractivity contribution is 0.595. The number of aromatic nitrogens is 3. The number of hydrogen-bond donors (Lipinski definition) is 1. The average Bonchev–Trinajstić information content (AvgIpc) is 3.11. The van der Waals surface area contributed by atoms with Crippen LogP contribution in [0.3, 0.4) is 0 Å². The Morgan fingerprint density at radius 2 is 2.24 bits per heavy atom. The van der Waals surface area contributed by atoms with Crippen LogP contribution in [0.25, 0.3) is 0 Å². The summed E-state index contributed by atoms with van der Waals surface area (Å²) in [6, 6.07) is 0. The van der Waals surface area contributed by atoms with Crippen LogP contribution in [-0.4, -0.2) is 34.6 Å². The number of imidazole rings is 1. The summed E-state index contributed by atoms with van der Waals surface area (Å²) in [4.78, 5) is 6.28. The third kappa shape index (κ3) is 2.51. The van der Waals surface area contributed by atoms with E-state index in [0.29, 0.717) is 24.4 Å². The van der Waals surface area contributed by atoms with Gasteiger partial charge in [0.15, 0.2) is 15.7 Å². The fourth-order valence-corrected chi connectivity index (χ4v) is 5.19. The van der Waals surface area contributed by atoms with Crippen molar-refractivity contribution in [3.63, 3.8) is 0 Å². The summed E-state index contributed by atoms with van der Waals surface area (Å²) in [6.07, 6.45) is 4.98. The van der Waals surface area contributed by atoms with Crippen LogP contribution in [-0.2, 0) is 23.4 Å². The molecule has 2 N–H and O–H groups in total. The van der Waals surface area contributed by atoms with Crippen molar-refractivity contribution in [1.29, 1.82) is 0 Å². The molecule has 0 saturated heterocycles. The van der Waals surface area contributed by atoms with Gasteiger partial charge in [0.25, 0.3) is 0 Å². The summed E-state index contributed by atoms with van der Waals surface area (Å²) < 4.78 is 31.0. The highest BCUT2D eigenvalue weighted by Crippen LogP contribution is 2.42. The van der Waals surface area contributed by atoms with Crippen LogP contribution in [0.2, 0.25) is 0 Å².